The number of hydrogen-bond acceptors (Lipinski definition) is 5. The van der Waals surface area contributed by atoms with E-state index < -0.39 is 64.6 Å². The summed E-state index contributed by atoms with van der Waals surface area (Å²) in [4.78, 5) is 30.6. The molecule has 17 heteroatoms. The van der Waals surface area contributed by atoms with Gasteiger partial charge in [-0.3, -0.25) is 9.59 Å². The van der Waals surface area contributed by atoms with Crippen molar-refractivity contribution in [3.63, 3.8) is 0 Å². The van der Waals surface area contributed by atoms with Crippen LogP contribution in [0.25, 0.3) is 0 Å². The van der Waals surface area contributed by atoms with Crippen molar-refractivity contribution in [2.75, 3.05) is 0 Å². The Kier molecular flexibility index (Phi) is 8.48. The quantitative estimate of drug-likeness (QED) is 0.0999. The highest BCUT2D eigenvalue weighted by Gasteiger charge is 2.62. The molecule has 1 unspecified atom stereocenters. The highest BCUT2D eigenvalue weighted by Crippen LogP contribution is 2.49. The maximum atomic E-state index is 14.3. The fourth-order valence-electron chi connectivity index (χ4n) is 4.37. The summed E-state index contributed by atoms with van der Waals surface area (Å²) >= 11 is 11.8. The predicted octanol–water partition coefficient (Wildman–Crippen LogP) is 8.08. The lowest BCUT2D eigenvalue weighted by Gasteiger charge is -2.29. The first kappa shape index (κ1) is 33.1. The average Bonchev–Trinajstić information content (AvgIpc) is 3.37. The van der Waals surface area contributed by atoms with Crippen LogP contribution in [0.5, 0.6) is 0 Å². The van der Waals surface area contributed by atoms with Crippen molar-refractivity contribution in [3.05, 3.63) is 104 Å². The van der Waals surface area contributed by atoms with Gasteiger partial charge in [-0.05, 0) is 66.6 Å². The van der Waals surface area contributed by atoms with Crippen LogP contribution in [0.1, 0.15) is 55.0 Å². The maximum absolute atomic E-state index is 14.3. The minimum Gasteiger partial charge on any atom is -0.374 e. The first-order valence-corrected chi connectivity index (χ1v) is 12.7. The van der Waals surface area contributed by atoms with Crippen LogP contribution in [-0.4, -0.2) is 28.7 Å². The zero-order valence-electron chi connectivity index (χ0n) is 21.8. The molecule has 1 atom stereocenters. The van der Waals surface area contributed by atoms with Gasteiger partial charge in [0.2, 0.25) is 0 Å². The number of halogens is 11. The molecule has 0 spiro atoms. The van der Waals surface area contributed by atoms with Crippen molar-refractivity contribution >= 4 is 40.7 Å². The molecule has 0 aliphatic carbocycles. The van der Waals surface area contributed by atoms with E-state index in [0.717, 1.165) is 24.3 Å². The van der Waals surface area contributed by atoms with Gasteiger partial charge in [0.15, 0.2) is 0 Å². The van der Waals surface area contributed by atoms with Crippen molar-refractivity contribution in [2.24, 2.45) is 11.0 Å². The van der Waals surface area contributed by atoms with Gasteiger partial charge in [0.25, 0.3) is 17.4 Å². The SMILES string of the molecule is Cc1cc(C2=NOC(c3cc(Cl)cc(Cl)c3)(C(F)(F)F)C2)ccc1C(=O)N(N)C(=O)c1cc(C(F)(F)F)cc(C(F)(F)F)c1. The summed E-state index contributed by atoms with van der Waals surface area (Å²) in [6.45, 7) is 1.30. The van der Waals surface area contributed by atoms with E-state index in [9.17, 15) is 49.1 Å². The summed E-state index contributed by atoms with van der Waals surface area (Å²) in [5.41, 5.74) is -8.61. The number of oxime groups is 1. The van der Waals surface area contributed by atoms with E-state index in [1.807, 2.05) is 0 Å². The van der Waals surface area contributed by atoms with E-state index in [4.69, 9.17) is 33.9 Å². The first-order valence-electron chi connectivity index (χ1n) is 12.0. The Balaban J connectivity index is 1.62. The number of aryl methyl sites for hydroxylation is 1. The first-order chi connectivity index (χ1) is 20.1. The Morgan fingerprint density at radius 1 is 0.841 bits per heavy atom. The molecule has 234 valence electrons. The molecule has 2 N–H and O–H groups in total. The van der Waals surface area contributed by atoms with Crippen LogP contribution in [0.3, 0.4) is 0 Å². The summed E-state index contributed by atoms with van der Waals surface area (Å²) < 4.78 is 122. The molecule has 0 saturated heterocycles. The summed E-state index contributed by atoms with van der Waals surface area (Å²) in [6.07, 6.45) is -16.4. The molecule has 6 nitrogen and oxygen atoms in total. The Bertz CT molecular complexity index is 1640. The zero-order chi connectivity index (χ0) is 33.0. The van der Waals surface area contributed by atoms with Gasteiger partial charge in [0.1, 0.15) is 0 Å². The van der Waals surface area contributed by atoms with Crippen molar-refractivity contribution in [1.82, 2.24) is 5.01 Å². The van der Waals surface area contributed by atoms with E-state index in [-0.39, 0.29) is 55.7 Å². The summed E-state index contributed by atoms with van der Waals surface area (Å²) in [6, 6.07) is 6.66. The van der Waals surface area contributed by atoms with Crippen molar-refractivity contribution in [3.8, 4) is 0 Å². The van der Waals surface area contributed by atoms with E-state index >= 15 is 0 Å². The van der Waals surface area contributed by atoms with Crippen LogP contribution in [0.4, 0.5) is 39.5 Å². The van der Waals surface area contributed by atoms with Crippen LogP contribution >= 0.6 is 23.2 Å². The van der Waals surface area contributed by atoms with Crippen LogP contribution in [-0.2, 0) is 22.8 Å². The topological polar surface area (TPSA) is 85.0 Å². The number of carbonyl (C=O) groups excluding carboxylic acids is 2. The number of hydrogen-bond donors (Lipinski definition) is 1. The molecule has 2 amide bonds. The third kappa shape index (κ3) is 6.35. The molecule has 4 rings (SSSR count). The zero-order valence-corrected chi connectivity index (χ0v) is 23.3. The van der Waals surface area contributed by atoms with Crippen LogP contribution in [0, 0.1) is 6.92 Å². The fraction of sp³-hybridized carbons (Fsp3) is 0.222. The molecule has 3 aromatic rings. The average molecular weight is 672 g/mol. The minimum atomic E-state index is -5.26. The Labute approximate surface area is 251 Å². The van der Waals surface area contributed by atoms with Gasteiger partial charge < -0.3 is 4.84 Å². The van der Waals surface area contributed by atoms with Gasteiger partial charge in [0, 0.05) is 33.2 Å². The van der Waals surface area contributed by atoms with Gasteiger partial charge in [0.05, 0.1) is 16.8 Å². The molecule has 3 aromatic carbocycles. The summed E-state index contributed by atoms with van der Waals surface area (Å²) in [5, 5.41) is 3.23. The van der Waals surface area contributed by atoms with E-state index in [1.165, 1.54) is 19.1 Å². The molecule has 1 aliphatic rings. The number of nitrogens with two attached hydrogens (primary N) is 1. The Morgan fingerprint density at radius 3 is 1.86 bits per heavy atom. The number of alkyl halides is 9. The summed E-state index contributed by atoms with van der Waals surface area (Å²) in [7, 11) is 0. The molecule has 0 saturated carbocycles. The molecule has 44 heavy (non-hydrogen) atoms. The van der Waals surface area contributed by atoms with Gasteiger partial charge >= 0.3 is 18.5 Å². The lowest BCUT2D eigenvalue weighted by Crippen LogP contribution is -2.43. The van der Waals surface area contributed by atoms with Crippen molar-refractivity contribution in [2.45, 2.75) is 37.5 Å². The maximum Gasteiger partial charge on any atom is 0.435 e. The largest absolute Gasteiger partial charge is 0.435 e. The smallest absolute Gasteiger partial charge is 0.374 e. The van der Waals surface area contributed by atoms with E-state index in [2.05, 4.69) is 5.16 Å². The number of carbonyl (C=O) groups is 2. The number of rotatable bonds is 4. The predicted molar refractivity (Wildman–Crippen MR) is 139 cm³/mol. The van der Waals surface area contributed by atoms with Crippen LogP contribution in [0.2, 0.25) is 10.0 Å². The third-order valence-electron chi connectivity index (χ3n) is 6.58. The highest BCUT2D eigenvalue weighted by molar-refractivity contribution is 6.34. The van der Waals surface area contributed by atoms with Gasteiger partial charge in [-0.1, -0.05) is 34.4 Å². The lowest BCUT2D eigenvalue weighted by molar-refractivity contribution is -0.275. The van der Waals surface area contributed by atoms with E-state index in [1.54, 1.807) is 0 Å². The number of imide groups is 1. The lowest BCUT2D eigenvalue weighted by atomic mass is 9.86. The number of benzene rings is 3. The highest BCUT2D eigenvalue weighted by atomic mass is 35.5. The fourth-order valence-corrected chi connectivity index (χ4v) is 4.89. The second kappa shape index (κ2) is 11.3. The standard InChI is InChI=1S/C27H16Cl2F9N3O3/c1-12-4-13(21-11-24(44-40-21,27(36,37)38)15-8-18(28)10-19(29)9-15)2-3-20(12)23(43)41(39)22(42)14-5-16(25(30,31)32)7-17(6-14)26(33,34)35/h2-10H,11,39H2,1H3. The molecular formula is C27H16Cl2F9N3O3. The molecular weight excluding hydrogens is 656 g/mol. The monoisotopic (exact) mass is 671 g/mol. The molecule has 1 aliphatic heterocycles. The van der Waals surface area contributed by atoms with Gasteiger partial charge in [-0.2, -0.15) is 39.5 Å². The van der Waals surface area contributed by atoms with Gasteiger partial charge in [-0.15, -0.1) is 0 Å². The number of nitrogens with zero attached hydrogens (tertiary/aromatic N) is 2. The minimum absolute atomic E-state index is 0.0220. The van der Waals surface area contributed by atoms with Crippen molar-refractivity contribution < 1.29 is 53.9 Å². The second-order valence-corrected chi connectivity index (χ2v) is 10.5. The number of hydrazine groups is 1. The second-order valence-electron chi connectivity index (χ2n) is 9.59. The molecule has 0 fully saturated rings. The third-order valence-corrected chi connectivity index (χ3v) is 7.01. The van der Waals surface area contributed by atoms with Crippen molar-refractivity contribution in [1.29, 1.82) is 0 Å². The molecule has 0 bridgehead atoms. The Hall–Kier alpha value is -3.82. The summed E-state index contributed by atoms with van der Waals surface area (Å²) in [5.74, 6) is 2.52. The molecule has 0 aromatic heterocycles. The van der Waals surface area contributed by atoms with E-state index in [0.29, 0.717) is 0 Å². The Morgan fingerprint density at radius 2 is 1.39 bits per heavy atom. The molecule has 0 radical (unpaired) electrons. The normalized spacial score (nSPS) is 17.2. The molecule has 1 heterocycles. The van der Waals surface area contributed by atoms with Crippen LogP contribution in [0.15, 0.2) is 59.8 Å². The number of amides is 2. The van der Waals surface area contributed by atoms with Crippen LogP contribution < -0.4 is 5.84 Å². The van der Waals surface area contributed by atoms with Gasteiger partial charge in [-0.25, -0.2) is 10.9 Å².